The van der Waals surface area contributed by atoms with E-state index in [-0.39, 0.29) is 0 Å². The molecule has 0 aromatic carbocycles. The maximum Gasteiger partial charge on any atom is 0.281 e. The number of hydrogen-bond acceptors (Lipinski definition) is 3. The van der Waals surface area contributed by atoms with Crippen LogP contribution < -0.4 is 5.32 Å². The molecule has 0 aromatic heterocycles. The van der Waals surface area contributed by atoms with Crippen LogP contribution in [0.3, 0.4) is 0 Å². The van der Waals surface area contributed by atoms with Crippen LogP contribution >= 0.6 is 0 Å². The van der Waals surface area contributed by atoms with Crippen molar-refractivity contribution in [3.05, 3.63) is 0 Å². The lowest BCUT2D eigenvalue weighted by molar-refractivity contribution is 0.243. The van der Waals surface area contributed by atoms with Gasteiger partial charge in [-0.3, -0.25) is 0 Å². The van der Waals surface area contributed by atoms with Crippen LogP contribution in [-0.2, 0) is 10.2 Å². The van der Waals surface area contributed by atoms with E-state index in [9.17, 15) is 8.42 Å². The fourth-order valence-electron chi connectivity index (χ4n) is 2.60. The van der Waals surface area contributed by atoms with Gasteiger partial charge in [-0.1, -0.05) is 20.8 Å². The van der Waals surface area contributed by atoms with Crippen LogP contribution in [-0.4, -0.2) is 56.3 Å². The normalized spacial score (nSPS) is 22.0. The molecule has 0 radical (unpaired) electrons. The van der Waals surface area contributed by atoms with Crippen LogP contribution in [0.2, 0.25) is 0 Å². The van der Waals surface area contributed by atoms with E-state index in [4.69, 9.17) is 0 Å². The molecule has 1 saturated heterocycles. The smallest absolute Gasteiger partial charge is 0.281 e. The molecule has 0 aromatic rings. The van der Waals surface area contributed by atoms with Gasteiger partial charge in [-0.05, 0) is 38.3 Å². The van der Waals surface area contributed by atoms with Crippen LogP contribution in [0.1, 0.15) is 40.0 Å². The zero-order valence-corrected chi connectivity index (χ0v) is 13.4. The number of nitrogens with one attached hydrogen (secondary N) is 1. The Balaban J connectivity index is 2.66. The van der Waals surface area contributed by atoms with Crippen LogP contribution in [0, 0.1) is 5.92 Å². The molecule has 1 aliphatic heterocycles. The minimum atomic E-state index is -3.26. The van der Waals surface area contributed by atoms with Gasteiger partial charge in [-0.2, -0.15) is 17.0 Å². The lowest BCUT2D eigenvalue weighted by Crippen LogP contribution is -2.49. The summed E-state index contributed by atoms with van der Waals surface area (Å²) in [5.74, 6) is 0.448. The Hall–Kier alpha value is -0.170. The Labute approximate surface area is 118 Å². The van der Waals surface area contributed by atoms with E-state index in [1.54, 1.807) is 8.61 Å². The molecule has 1 N–H and O–H groups in total. The first-order valence-electron chi connectivity index (χ1n) is 7.52. The van der Waals surface area contributed by atoms with Gasteiger partial charge >= 0.3 is 0 Å². The summed E-state index contributed by atoms with van der Waals surface area (Å²) in [4.78, 5) is 0. The van der Waals surface area contributed by atoms with E-state index in [0.29, 0.717) is 32.1 Å². The molecule has 0 aliphatic carbocycles. The first-order valence-corrected chi connectivity index (χ1v) is 8.91. The molecular formula is C13H29N3O2S. The van der Waals surface area contributed by atoms with E-state index in [0.717, 1.165) is 32.4 Å². The maximum atomic E-state index is 12.6. The lowest BCUT2D eigenvalue weighted by atomic mass is 10.00. The number of hydrogen-bond donors (Lipinski definition) is 1. The van der Waals surface area contributed by atoms with Gasteiger partial charge in [-0.15, -0.1) is 0 Å². The molecule has 19 heavy (non-hydrogen) atoms. The third kappa shape index (κ3) is 4.70. The molecule has 0 saturated carbocycles. The average Bonchev–Trinajstić information content (AvgIpc) is 2.42. The summed E-state index contributed by atoms with van der Waals surface area (Å²) in [5, 5.41) is 3.32. The van der Waals surface area contributed by atoms with Gasteiger partial charge in [0, 0.05) is 26.2 Å². The van der Waals surface area contributed by atoms with E-state index in [1.807, 2.05) is 13.8 Å². The predicted molar refractivity (Wildman–Crippen MR) is 79.3 cm³/mol. The summed E-state index contributed by atoms with van der Waals surface area (Å²) in [5.41, 5.74) is 0. The topological polar surface area (TPSA) is 52.7 Å². The standard InChI is InChI=1S/C13H29N3O2S/c1-4-9-15(6-3)19(17,18)16-10-7-8-13(12-16)11-14-5-2/h13-14H,4-12H2,1-3H3. The Morgan fingerprint density at radius 2 is 2.05 bits per heavy atom. The second kappa shape index (κ2) is 8.19. The van der Waals surface area contributed by atoms with E-state index in [1.165, 1.54) is 0 Å². The Morgan fingerprint density at radius 1 is 1.32 bits per heavy atom. The minimum absolute atomic E-state index is 0.448. The molecule has 0 amide bonds. The highest BCUT2D eigenvalue weighted by Crippen LogP contribution is 2.20. The molecule has 114 valence electrons. The van der Waals surface area contributed by atoms with E-state index >= 15 is 0 Å². The molecule has 1 rings (SSSR count). The molecule has 1 atom stereocenters. The second-order valence-electron chi connectivity index (χ2n) is 5.17. The van der Waals surface area contributed by atoms with Gasteiger partial charge in [0.05, 0.1) is 0 Å². The Bertz CT molecular complexity index is 346. The molecule has 0 spiro atoms. The third-order valence-electron chi connectivity index (χ3n) is 3.64. The molecule has 1 fully saturated rings. The summed E-state index contributed by atoms with van der Waals surface area (Å²) in [6.45, 7) is 10.4. The monoisotopic (exact) mass is 291 g/mol. The highest BCUT2D eigenvalue weighted by Gasteiger charge is 2.32. The van der Waals surface area contributed by atoms with Gasteiger partial charge in [0.2, 0.25) is 0 Å². The molecule has 5 nitrogen and oxygen atoms in total. The summed E-state index contributed by atoms with van der Waals surface area (Å²) < 4.78 is 28.4. The largest absolute Gasteiger partial charge is 0.317 e. The first-order chi connectivity index (χ1) is 9.06. The zero-order valence-electron chi connectivity index (χ0n) is 12.6. The lowest BCUT2D eigenvalue weighted by Gasteiger charge is -2.35. The molecule has 0 bridgehead atoms. The van der Waals surface area contributed by atoms with Crippen molar-refractivity contribution in [2.45, 2.75) is 40.0 Å². The summed E-state index contributed by atoms with van der Waals surface area (Å²) in [6.07, 6.45) is 2.96. The Morgan fingerprint density at radius 3 is 2.63 bits per heavy atom. The molecule has 1 unspecified atom stereocenters. The maximum absolute atomic E-state index is 12.6. The predicted octanol–water partition coefficient (Wildman–Crippen LogP) is 1.28. The summed E-state index contributed by atoms with van der Waals surface area (Å²) in [6, 6.07) is 0. The van der Waals surface area contributed by atoms with E-state index in [2.05, 4.69) is 12.2 Å². The van der Waals surface area contributed by atoms with E-state index < -0.39 is 10.2 Å². The molecule has 1 aliphatic rings. The van der Waals surface area contributed by atoms with Crippen molar-refractivity contribution in [3.63, 3.8) is 0 Å². The number of rotatable bonds is 8. The Kier molecular flexibility index (Phi) is 7.28. The third-order valence-corrected chi connectivity index (χ3v) is 5.72. The molecular weight excluding hydrogens is 262 g/mol. The van der Waals surface area contributed by atoms with Crippen molar-refractivity contribution in [1.29, 1.82) is 0 Å². The highest BCUT2D eigenvalue weighted by molar-refractivity contribution is 7.86. The van der Waals surface area contributed by atoms with Gasteiger partial charge in [0.25, 0.3) is 10.2 Å². The van der Waals surface area contributed by atoms with Gasteiger partial charge < -0.3 is 5.32 Å². The number of nitrogens with zero attached hydrogens (tertiary/aromatic N) is 2. The zero-order chi connectivity index (χ0) is 14.3. The van der Waals surface area contributed by atoms with Gasteiger partial charge in [0.15, 0.2) is 0 Å². The van der Waals surface area contributed by atoms with Crippen molar-refractivity contribution in [2.24, 2.45) is 5.92 Å². The minimum Gasteiger partial charge on any atom is -0.317 e. The van der Waals surface area contributed by atoms with Crippen molar-refractivity contribution >= 4 is 10.2 Å². The quantitative estimate of drug-likeness (QED) is 0.733. The van der Waals surface area contributed by atoms with Crippen LogP contribution in [0.15, 0.2) is 0 Å². The van der Waals surface area contributed by atoms with Gasteiger partial charge in [0.1, 0.15) is 0 Å². The highest BCUT2D eigenvalue weighted by atomic mass is 32.2. The van der Waals surface area contributed by atoms with Crippen LogP contribution in [0.4, 0.5) is 0 Å². The van der Waals surface area contributed by atoms with Crippen molar-refractivity contribution < 1.29 is 8.42 Å². The van der Waals surface area contributed by atoms with Crippen LogP contribution in [0.25, 0.3) is 0 Å². The first kappa shape index (κ1) is 16.9. The van der Waals surface area contributed by atoms with Crippen molar-refractivity contribution in [1.82, 2.24) is 13.9 Å². The fourth-order valence-corrected chi connectivity index (χ4v) is 4.43. The molecule has 1 heterocycles. The van der Waals surface area contributed by atoms with Crippen LogP contribution in [0.5, 0.6) is 0 Å². The fraction of sp³-hybridized carbons (Fsp3) is 1.00. The number of piperidine rings is 1. The summed E-state index contributed by atoms with van der Waals surface area (Å²) >= 11 is 0. The van der Waals surface area contributed by atoms with Crippen molar-refractivity contribution in [2.75, 3.05) is 39.3 Å². The average molecular weight is 291 g/mol. The van der Waals surface area contributed by atoms with Crippen molar-refractivity contribution in [3.8, 4) is 0 Å². The SMILES string of the molecule is CCCN(CC)S(=O)(=O)N1CCCC(CNCC)C1. The summed E-state index contributed by atoms with van der Waals surface area (Å²) in [7, 11) is -3.26. The second-order valence-corrected chi connectivity index (χ2v) is 7.10. The molecule has 6 heteroatoms. The van der Waals surface area contributed by atoms with Gasteiger partial charge in [-0.25, -0.2) is 0 Å².